The maximum Gasteiger partial charge on any atom is 0.122 e. The summed E-state index contributed by atoms with van der Waals surface area (Å²) in [6.45, 7) is 0. The van der Waals surface area contributed by atoms with Crippen molar-refractivity contribution in [1.82, 2.24) is 0 Å². The molecule has 0 aliphatic heterocycles. The highest BCUT2D eigenvalue weighted by Crippen LogP contribution is 2.30. The Balaban J connectivity index is 2.26. The molecular weight excluding hydrogens is 328 g/mol. The van der Waals surface area contributed by atoms with Gasteiger partial charge in [0.1, 0.15) is 5.75 Å². The average Bonchev–Trinajstić information content (AvgIpc) is 2.39. The molecule has 1 atom stereocenters. The van der Waals surface area contributed by atoms with Crippen molar-refractivity contribution in [2.75, 3.05) is 7.11 Å². The molecule has 0 bridgehead atoms. The molecule has 4 heteroatoms. The summed E-state index contributed by atoms with van der Waals surface area (Å²) in [6.07, 6.45) is -0.205. The van der Waals surface area contributed by atoms with Crippen LogP contribution in [0.25, 0.3) is 0 Å². The van der Waals surface area contributed by atoms with Gasteiger partial charge in [-0.2, -0.15) is 0 Å². The normalized spacial score (nSPS) is 12.2. The predicted molar refractivity (Wildman–Crippen MR) is 80.8 cm³/mol. The van der Waals surface area contributed by atoms with Crippen LogP contribution in [0.1, 0.15) is 17.2 Å². The van der Waals surface area contributed by atoms with E-state index in [0.29, 0.717) is 11.4 Å². The lowest BCUT2D eigenvalue weighted by molar-refractivity contribution is 0.177. The van der Waals surface area contributed by atoms with Crippen molar-refractivity contribution in [2.24, 2.45) is 0 Å². The lowest BCUT2D eigenvalue weighted by Crippen LogP contribution is -2.04. The Kier molecular flexibility index (Phi) is 4.86. The number of halogens is 2. The van der Waals surface area contributed by atoms with Crippen molar-refractivity contribution in [3.63, 3.8) is 0 Å². The fourth-order valence-corrected chi connectivity index (χ4v) is 2.64. The van der Waals surface area contributed by atoms with Gasteiger partial charge in [-0.25, -0.2) is 0 Å². The molecule has 0 aliphatic carbocycles. The molecule has 2 aromatic carbocycles. The van der Waals surface area contributed by atoms with Crippen molar-refractivity contribution >= 4 is 27.5 Å². The Morgan fingerprint density at radius 2 is 2.00 bits per heavy atom. The lowest BCUT2D eigenvalue weighted by atomic mass is 10.0. The van der Waals surface area contributed by atoms with Crippen molar-refractivity contribution in [1.29, 1.82) is 0 Å². The molecule has 0 aliphatic rings. The second kappa shape index (κ2) is 6.42. The minimum Gasteiger partial charge on any atom is -0.496 e. The molecular formula is C15H14BrClO2. The summed E-state index contributed by atoms with van der Waals surface area (Å²) < 4.78 is 6.26. The van der Waals surface area contributed by atoms with Crippen LogP contribution in [0.15, 0.2) is 46.9 Å². The molecule has 2 rings (SSSR count). The van der Waals surface area contributed by atoms with Gasteiger partial charge in [0.2, 0.25) is 0 Å². The summed E-state index contributed by atoms with van der Waals surface area (Å²) in [5.74, 6) is 0.759. The number of aliphatic hydroxyl groups is 1. The molecule has 0 saturated carbocycles. The number of benzene rings is 2. The first-order valence-corrected chi connectivity index (χ1v) is 7.04. The van der Waals surface area contributed by atoms with Gasteiger partial charge in [-0.1, -0.05) is 45.7 Å². The van der Waals surface area contributed by atoms with E-state index in [1.54, 1.807) is 13.2 Å². The molecule has 1 unspecified atom stereocenters. The van der Waals surface area contributed by atoms with Crippen LogP contribution in [-0.2, 0) is 6.42 Å². The first-order chi connectivity index (χ1) is 9.11. The number of hydrogen-bond acceptors (Lipinski definition) is 2. The van der Waals surface area contributed by atoms with Crippen molar-refractivity contribution < 1.29 is 9.84 Å². The zero-order chi connectivity index (χ0) is 13.8. The standard InChI is InChI=1S/C15H14BrClO2/c1-19-15-7-6-11(16)8-10(15)9-14(18)12-4-2-3-5-13(12)17/h2-8,14,18H,9H2,1H3. The van der Waals surface area contributed by atoms with Gasteiger partial charge >= 0.3 is 0 Å². The maximum atomic E-state index is 10.3. The Morgan fingerprint density at radius 3 is 2.68 bits per heavy atom. The number of ether oxygens (including phenoxy) is 1. The molecule has 100 valence electrons. The van der Waals surface area contributed by atoms with E-state index in [1.807, 2.05) is 36.4 Å². The van der Waals surface area contributed by atoms with Gasteiger partial charge < -0.3 is 9.84 Å². The van der Waals surface area contributed by atoms with E-state index in [-0.39, 0.29) is 0 Å². The minimum atomic E-state index is -0.656. The zero-order valence-corrected chi connectivity index (χ0v) is 12.8. The largest absolute Gasteiger partial charge is 0.496 e. The molecule has 2 aromatic rings. The van der Waals surface area contributed by atoms with E-state index >= 15 is 0 Å². The molecule has 0 amide bonds. The number of rotatable bonds is 4. The molecule has 2 nitrogen and oxygen atoms in total. The number of hydrogen-bond donors (Lipinski definition) is 1. The molecule has 0 saturated heterocycles. The van der Waals surface area contributed by atoms with Crippen LogP contribution in [0.4, 0.5) is 0 Å². The minimum absolute atomic E-state index is 0.451. The van der Waals surface area contributed by atoms with Gasteiger partial charge in [0.15, 0.2) is 0 Å². The van der Waals surface area contributed by atoms with Gasteiger partial charge in [-0.05, 0) is 35.4 Å². The van der Waals surface area contributed by atoms with Crippen LogP contribution in [0.5, 0.6) is 5.75 Å². The average molecular weight is 342 g/mol. The third-order valence-corrected chi connectivity index (χ3v) is 3.76. The fourth-order valence-electron chi connectivity index (χ4n) is 1.97. The fraction of sp³-hybridized carbons (Fsp3) is 0.200. The summed E-state index contributed by atoms with van der Waals surface area (Å²) >= 11 is 9.51. The summed E-state index contributed by atoms with van der Waals surface area (Å²) in [5.41, 5.74) is 1.66. The summed E-state index contributed by atoms with van der Waals surface area (Å²) in [5, 5.41) is 10.9. The van der Waals surface area contributed by atoms with Crippen molar-refractivity contribution in [2.45, 2.75) is 12.5 Å². The van der Waals surface area contributed by atoms with E-state index in [2.05, 4.69) is 15.9 Å². The highest BCUT2D eigenvalue weighted by atomic mass is 79.9. The second-order valence-corrected chi connectivity index (χ2v) is 5.52. The molecule has 0 heterocycles. The first-order valence-electron chi connectivity index (χ1n) is 5.86. The van der Waals surface area contributed by atoms with E-state index in [4.69, 9.17) is 16.3 Å². The van der Waals surface area contributed by atoms with E-state index < -0.39 is 6.10 Å². The summed E-state index contributed by atoms with van der Waals surface area (Å²) in [6, 6.07) is 13.0. The number of methoxy groups -OCH3 is 1. The van der Waals surface area contributed by atoms with Gasteiger partial charge in [0, 0.05) is 15.9 Å². The summed E-state index contributed by atoms with van der Waals surface area (Å²) in [7, 11) is 1.62. The maximum absolute atomic E-state index is 10.3. The van der Waals surface area contributed by atoms with Crippen LogP contribution in [0.3, 0.4) is 0 Å². The van der Waals surface area contributed by atoms with Gasteiger partial charge in [-0.15, -0.1) is 0 Å². The van der Waals surface area contributed by atoms with E-state index in [1.165, 1.54) is 0 Å². The second-order valence-electron chi connectivity index (χ2n) is 4.20. The Labute approximate surface area is 126 Å². The molecule has 0 aromatic heterocycles. The highest BCUT2D eigenvalue weighted by Gasteiger charge is 2.14. The molecule has 0 radical (unpaired) electrons. The van der Waals surface area contributed by atoms with Crippen molar-refractivity contribution in [3.8, 4) is 5.75 Å². The third kappa shape index (κ3) is 3.50. The SMILES string of the molecule is COc1ccc(Br)cc1CC(O)c1ccccc1Cl. The first kappa shape index (κ1) is 14.4. The van der Waals surface area contributed by atoms with Crippen LogP contribution in [0, 0.1) is 0 Å². The lowest BCUT2D eigenvalue weighted by Gasteiger charge is -2.15. The molecule has 0 spiro atoms. The Morgan fingerprint density at radius 1 is 1.26 bits per heavy atom. The van der Waals surface area contributed by atoms with Crippen LogP contribution < -0.4 is 4.74 Å². The Bertz CT molecular complexity index is 572. The van der Waals surface area contributed by atoms with Crippen molar-refractivity contribution in [3.05, 3.63) is 63.1 Å². The third-order valence-electron chi connectivity index (χ3n) is 2.92. The highest BCUT2D eigenvalue weighted by molar-refractivity contribution is 9.10. The monoisotopic (exact) mass is 340 g/mol. The van der Waals surface area contributed by atoms with Crippen LogP contribution in [-0.4, -0.2) is 12.2 Å². The molecule has 0 fully saturated rings. The van der Waals surface area contributed by atoms with Gasteiger partial charge in [0.05, 0.1) is 13.2 Å². The molecule has 19 heavy (non-hydrogen) atoms. The summed E-state index contributed by atoms with van der Waals surface area (Å²) in [4.78, 5) is 0. The molecule has 1 N–H and O–H groups in total. The zero-order valence-electron chi connectivity index (χ0n) is 10.4. The van der Waals surface area contributed by atoms with Gasteiger partial charge in [0.25, 0.3) is 0 Å². The van der Waals surface area contributed by atoms with Crippen LogP contribution >= 0.6 is 27.5 Å². The predicted octanol–water partition coefficient (Wildman–Crippen LogP) is 4.39. The van der Waals surface area contributed by atoms with E-state index in [0.717, 1.165) is 21.3 Å². The van der Waals surface area contributed by atoms with Crippen LogP contribution in [0.2, 0.25) is 5.02 Å². The van der Waals surface area contributed by atoms with Gasteiger partial charge in [-0.3, -0.25) is 0 Å². The van der Waals surface area contributed by atoms with E-state index in [9.17, 15) is 5.11 Å². The quantitative estimate of drug-likeness (QED) is 0.894. The smallest absolute Gasteiger partial charge is 0.122 e. The Hall–Kier alpha value is -1.03. The topological polar surface area (TPSA) is 29.5 Å². The number of aliphatic hydroxyl groups excluding tert-OH is 1.